The topological polar surface area (TPSA) is 123 Å². The van der Waals surface area contributed by atoms with Crippen LogP contribution in [0.25, 0.3) is 11.5 Å². The smallest absolute Gasteiger partial charge is 0.360 e. The molecule has 2 rings (SSSR count). The Hall–Kier alpha value is -1.56. The molecule has 0 saturated heterocycles. The zero-order valence-corrected chi connectivity index (χ0v) is 11.3. The van der Waals surface area contributed by atoms with Crippen molar-refractivity contribution in [3.63, 3.8) is 0 Å². The maximum atomic E-state index is 11.4. The molecule has 0 radical (unpaired) electrons. The lowest BCUT2D eigenvalue weighted by Gasteiger charge is -2.03. The first-order chi connectivity index (χ1) is 8.93. The van der Waals surface area contributed by atoms with Crippen molar-refractivity contribution in [1.29, 1.82) is 0 Å². The van der Waals surface area contributed by atoms with E-state index in [-0.39, 0.29) is 22.8 Å². The van der Waals surface area contributed by atoms with Crippen LogP contribution in [-0.4, -0.2) is 14.8 Å². The molecule has 0 amide bonds. The number of rotatable bonds is 5. The lowest BCUT2D eigenvalue weighted by atomic mass is 10.1. The van der Waals surface area contributed by atoms with E-state index in [2.05, 4.69) is 4.98 Å². The highest BCUT2D eigenvalue weighted by atomic mass is 31.2. The number of aryl methyl sites for hydroxylation is 1. The average Bonchev–Trinajstić information content (AvgIpc) is 2.91. The summed E-state index contributed by atoms with van der Waals surface area (Å²) in [6.07, 6.45) is 3.59. The quantitative estimate of drug-likeness (QED) is 0.714. The summed E-state index contributed by atoms with van der Waals surface area (Å²) in [6, 6.07) is 1.18. The number of nitrogens with two attached hydrogens (primary N) is 1. The highest BCUT2D eigenvalue weighted by molar-refractivity contribution is 7.60. The number of hydrogen-bond donors (Lipinski definition) is 3. The number of anilines is 1. The van der Waals surface area contributed by atoms with Crippen molar-refractivity contribution < 1.29 is 23.2 Å². The Kier molecular flexibility index (Phi) is 3.80. The number of aromatic nitrogens is 1. The molecule has 2 aromatic heterocycles. The van der Waals surface area contributed by atoms with Gasteiger partial charge in [0.25, 0.3) is 6.01 Å². The highest BCUT2D eigenvalue weighted by Crippen LogP contribution is 2.39. The molecule has 0 saturated carbocycles. The lowest BCUT2D eigenvalue weighted by molar-refractivity contribution is 0.387. The summed E-state index contributed by atoms with van der Waals surface area (Å²) in [7, 11) is -4.43. The Balaban J connectivity index is 2.47. The molecule has 0 aliphatic heterocycles. The van der Waals surface area contributed by atoms with Crippen molar-refractivity contribution in [2.24, 2.45) is 0 Å². The van der Waals surface area contributed by atoms with E-state index in [1.807, 2.05) is 6.92 Å². The molecule has 0 spiro atoms. The van der Waals surface area contributed by atoms with Crippen LogP contribution in [0.5, 0.6) is 0 Å². The Labute approximate surface area is 109 Å². The molecule has 19 heavy (non-hydrogen) atoms. The predicted octanol–water partition coefficient (Wildman–Crippen LogP) is 1.66. The molecular formula is C11H15N2O5P. The first kappa shape index (κ1) is 13.9. The van der Waals surface area contributed by atoms with Gasteiger partial charge in [-0.2, -0.15) is 4.98 Å². The first-order valence-corrected chi connectivity index (χ1v) is 7.44. The molecular weight excluding hydrogens is 271 g/mol. The van der Waals surface area contributed by atoms with Crippen molar-refractivity contribution in [1.82, 2.24) is 4.98 Å². The molecule has 0 aliphatic carbocycles. The second kappa shape index (κ2) is 5.21. The second-order valence-electron chi connectivity index (χ2n) is 4.11. The highest BCUT2D eigenvalue weighted by Gasteiger charge is 2.28. The van der Waals surface area contributed by atoms with Crippen LogP contribution in [0.4, 0.5) is 6.01 Å². The summed E-state index contributed by atoms with van der Waals surface area (Å²) in [5.41, 5.74) is 5.76. The minimum atomic E-state index is -4.43. The maximum Gasteiger partial charge on any atom is 0.360 e. The van der Waals surface area contributed by atoms with Gasteiger partial charge in [-0.25, -0.2) is 0 Å². The summed E-state index contributed by atoms with van der Waals surface area (Å²) in [6.45, 7) is 2.02. The SMILES string of the molecule is CCCCc1oc(N)nc1-c1occc1P(=O)(O)O. The van der Waals surface area contributed by atoms with Gasteiger partial charge in [0, 0.05) is 6.42 Å². The van der Waals surface area contributed by atoms with E-state index in [1.165, 1.54) is 12.3 Å². The number of nitrogen functional groups attached to an aromatic ring is 1. The largest absolute Gasteiger partial charge is 0.462 e. The van der Waals surface area contributed by atoms with Crippen molar-refractivity contribution in [3.8, 4) is 11.5 Å². The second-order valence-corrected chi connectivity index (χ2v) is 5.68. The summed E-state index contributed by atoms with van der Waals surface area (Å²) in [5, 5.41) is -0.210. The van der Waals surface area contributed by atoms with E-state index in [4.69, 9.17) is 14.6 Å². The Morgan fingerprint density at radius 2 is 2.21 bits per heavy atom. The van der Waals surface area contributed by atoms with Gasteiger partial charge in [0.1, 0.15) is 11.1 Å². The molecule has 0 bridgehead atoms. The zero-order chi connectivity index (χ0) is 14.0. The molecule has 0 atom stereocenters. The number of hydrogen-bond acceptors (Lipinski definition) is 5. The Bertz CT molecular complexity index is 612. The summed E-state index contributed by atoms with van der Waals surface area (Å²) in [4.78, 5) is 22.5. The van der Waals surface area contributed by atoms with Gasteiger partial charge in [0.05, 0.1) is 6.26 Å². The van der Waals surface area contributed by atoms with Gasteiger partial charge in [-0.3, -0.25) is 4.57 Å². The molecule has 0 fully saturated rings. The third-order valence-electron chi connectivity index (χ3n) is 2.64. The average molecular weight is 286 g/mol. The van der Waals surface area contributed by atoms with Gasteiger partial charge in [-0.15, -0.1) is 0 Å². The molecule has 104 valence electrons. The van der Waals surface area contributed by atoms with E-state index in [9.17, 15) is 14.4 Å². The lowest BCUT2D eigenvalue weighted by Crippen LogP contribution is -2.05. The molecule has 0 unspecified atom stereocenters. The van der Waals surface area contributed by atoms with Crippen LogP contribution in [0, 0.1) is 0 Å². The monoisotopic (exact) mass is 286 g/mol. The minimum Gasteiger partial charge on any atom is -0.462 e. The third kappa shape index (κ3) is 2.89. The fourth-order valence-electron chi connectivity index (χ4n) is 1.76. The number of furan rings is 1. The van der Waals surface area contributed by atoms with Crippen molar-refractivity contribution in [3.05, 3.63) is 18.1 Å². The minimum absolute atomic E-state index is 0.0138. The van der Waals surface area contributed by atoms with Crippen molar-refractivity contribution >= 4 is 18.9 Å². The molecule has 0 aromatic carbocycles. The van der Waals surface area contributed by atoms with Gasteiger partial charge < -0.3 is 24.4 Å². The van der Waals surface area contributed by atoms with Gasteiger partial charge in [0.15, 0.2) is 11.5 Å². The Morgan fingerprint density at radius 3 is 2.84 bits per heavy atom. The van der Waals surface area contributed by atoms with E-state index < -0.39 is 7.60 Å². The van der Waals surface area contributed by atoms with Crippen LogP contribution < -0.4 is 11.0 Å². The van der Waals surface area contributed by atoms with Crippen LogP contribution in [0.1, 0.15) is 25.5 Å². The van der Waals surface area contributed by atoms with Gasteiger partial charge in [-0.1, -0.05) is 13.3 Å². The van der Waals surface area contributed by atoms with Crippen LogP contribution in [-0.2, 0) is 11.0 Å². The maximum absolute atomic E-state index is 11.4. The fourth-order valence-corrected chi connectivity index (χ4v) is 2.44. The van der Waals surface area contributed by atoms with Crippen LogP contribution >= 0.6 is 7.60 Å². The van der Waals surface area contributed by atoms with E-state index in [1.54, 1.807) is 0 Å². The van der Waals surface area contributed by atoms with E-state index in [0.717, 1.165) is 12.8 Å². The molecule has 7 nitrogen and oxygen atoms in total. The summed E-state index contributed by atoms with van der Waals surface area (Å²) in [5.74, 6) is 0.490. The Morgan fingerprint density at radius 1 is 1.47 bits per heavy atom. The fraction of sp³-hybridized carbons (Fsp3) is 0.364. The number of unbranched alkanes of at least 4 members (excludes halogenated alkanes) is 1. The molecule has 2 heterocycles. The third-order valence-corrected chi connectivity index (χ3v) is 3.62. The predicted molar refractivity (Wildman–Crippen MR) is 68.9 cm³/mol. The van der Waals surface area contributed by atoms with Crippen LogP contribution in [0.3, 0.4) is 0 Å². The van der Waals surface area contributed by atoms with Crippen LogP contribution in [0.2, 0.25) is 0 Å². The molecule has 8 heteroatoms. The first-order valence-electron chi connectivity index (χ1n) is 5.82. The summed E-state index contributed by atoms with van der Waals surface area (Å²) >= 11 is 0. The standard InChI is InChI=1S/C11H15N2O5P/c1-2-3-4-7-9(13-11(12)18-7)10-8(5-6-17-10)19(14,15)16/h5-6H,2-4H2,1H3,(H2,12,13)(H2,14,15,16). The van der Waals surface area contributed by atoms with Crippen LogP contribution in [0.15, 0.2) is 21.2 Å². The van der Waals surface area contributed by atoms with Gasteiger partial charge in [-0.05, 0) is 12.5 Å². The zero-order valence-electron chi connectivity index (χ0n) is 10.4. The molecule has 2 aromatic rings. The normalized spacial score (nSPS) is 11.9. The molecule has 0 aliphatic rings. The van der Waals surface area contributed by atoms with Gasteiger partial charge >= 0.3 is 7.60 Å². The number of nitrogens with zero attached hydrogens (tertiary/aromatic N) is 1. The van der Waals surface area contributed by atoms with Crippen molar-refractivity contribution in [2.75, 3.05) is 5.73 Å². The van der Waals surface area contributed by atoms with E-state index >= 15 is 0 Å². The van der Waals surface area contributed by atoms with Crippen molar-refractivity contribution in [2.45, 2.75) is 26.2 Å². The summed E-state index contributed by atoms with van der Waals surface area (Å²) < 4.78 is 21.8. The van der Waals surface area contributed by atoms with E-state index in [0.29, 0.717) is 12.2 Å². The van der Waals surface area contributed by atoms with Gasteiger partial charge in [0.2, 0.25) is 0 Å². The molecule has 4 N–H and O–H groups in total. The number of oxazole rings is 1.